The molecule has 30 heavy (non-hydrogen) atoms. The molecule has 0 spiro atoms. The summed E-state index contributed by atoms with van der Waals surface area (Å²) < 4.78 is 5.30. The van der Waals surface area contributed by atoms with Gasteiger partial charge >= 0.3 is 0 Å². The molecule has 0 fully saturated rings. The highest BCUT2D eigenvalue weighted by atomic mass is 16.5. The highest BCUT2D eigenvalue weighted by molar-refractivity contribution is 5.87. The molecule has 2 amide bonds. The highest BCUT2D eigenvalue weighted by Crippen LogP contribution is 2.17. The second kappa shape index (κ2) is 12.0. The van der Waals surface area contributed by atoms with E-state index in [1.165, 1.54) is 5.56 Å². The van der Waals surface area contributed by atoms with Crippen molar-refractivity contribution in [2.45, 2.75) is 59.0 Å². The minimum atomic E-state index is -0.543. The van der Waals surface area contributed by atoms with Crippen molar-refractivity contribution in [3.8, 4) is 5.75 Å². The summed E-state index contributed by atoms with van der Waals surface area (Å²) in [4.78, 5) is 27.5. The van der Waals surface area contributed by atoms with Gasteiger partial charge < -0.3 is 15.0 Å². The second-order valence-electron chi connectivity index (χ2n) is 7.68. The molecule has 0 saturated carbocycles. The third-order valence-corrected chi connectivity index (χ3v) is 5.23. The van der Waals surface area contributed by atoms with Crippen molar-refractivity contribution in [3.05, 3.63) is 65.2 Å². The summed E-state index contributed by atoms with van der Waals surface area (Å²) in [7, 11) is 1.62. The van der Waals surface area contributed by atoms with Crippen molar-refractivity contribution in [1.82, 2.24) is 10.2 Å². The Bertz CT molecular complexity index is 817. The molecule has 0 bridgehead atoms. The van der Waals surface area contributed by atoms with E-state index in [1.54, 1.807) is 18.9 Å². The fourth-order valence-electron chi connectivity index (χ4n) is 3.24. The molecular formula is C25H34N2O3. The van der Waals surface area contributed by atoms with Gasteiger partial charge in [0.1, 0.15) is 11.8 Å². The SMILES string of the molecule is CCCCNC(=O)[C@H](C)N(Cc1cccc(OC)c1)C(=O)CCc1ccc(C)cc1. The number of carbonyl (C=O) groups is 2. The van der Waals surface area contributed by atoms with E-state index in [2.05, 4.69) is 36.5 Å². The zero-order chi connectivity index (χ0) is 21.9. The van der Waals surface area contributed by atoms with Crippen LogP contribution in [-0.4, -0.2) is 36.4 Å². The van der Waals surface area contributed by atoms with E-state index in [0.717, 1.165) is 29.7 Å². The standard InChI is InChI=1S/C25H34N2O3/c1-5-6-16-26-25(29)20(3)27(18-22-8-7-9-23(17-22)30-4)24(28)15-14-21-12-10-19(2)11-13-21/h7-13,17,20H,5-6,14-16,18H2,1-4H3,(H,26,29)/t20-/m0/s1. The lowest BCUT2D eigenvalue weighted by molar-refractivity contribution is -0.140. The summed E-state index contributed by atoms with van der Waals surface area (Å²) in [5, 5.41) is 2.95. The van der Waals surface area contributed by atoms with E-state index >= 15 is 0 Å². The summed E-state index contributed by atoms with van der Waals surface area (Å²) in [6, 6.07) is 15.3. The monoisotopic (exact) mass is 410 g/mol. The van der Waals surface area contributed by atoms with Crippen molar-refractivity contribution in [3.63, 3.8) is 0 Å². The number of amides is 2. The number of rotatable bonds is 11. The molecular weight excluding hydrogens is 376 g/mol. The molecule has 0 aromatic heterocycles. The Balaban J connectivity index is 2.12. The van der Waals surface area contributed by atoms with Gasteiger partial charge in [0.05, 0.1) is 7.11 Å². The average Bonchev–Trinajstić information content (AvgIpc) is 2.76. The minimum Gasteiger partial charge on any atom is -0.497 e. The van der Waals surface area contributed by atoms with E-state index in [4.69, 9.17) is 4.74 Å². The molecule has 2 aromatic rings. The quantitative estimate of drug-likeness (QED) is 0.563. The first-order chi connectivity index (χ1) is 14.4. The zero-order valence-corrected chi connectivity index (χ0v) is 18.6. The lowest BCUT2D eigenvalue weighted by atomic mass is 10.1. The number of hydrogen-bond acceptors (Lipinski definition) is 3. The Morgan fingerprint density at radius 3 is 2.50 bits per heavy atom. The molecule has 0 radical (unpaired) electrons. The summed E-state index contributed by atoms with van der Waals surface area (Å²) in [6.07, 6.45) is 2.95. The molecule has 0 unspecified atom stereocenters. The fraction of sp³-hybridized carbons (Fsp3) is 0.440. The van der Waals surface area contributed by atoms with E-state index in [-0.39, 0.29) is 11.8 Å². The van der Waals surface area contributed by atoms with Crippen molar-refractivity contribution in [2.75, 3.05) is 13.7 Å². The molecule has 5 nitrogen and oxygen atoms in total. The van der Waals surface area contributed by atoms with E-state index in [0.29, 0.717) is 25.9 Å². The van der Waals surface area contributed by atoms with Crippen LogP contribution in [0.4, 0.5) is 0 Å². The van der Waals surface area contributed by atoms with Crippen molar-refractivity contribution in [2.24, 2.45) is 0 Å². The predicted molar refractivity (Wildman–Crippen MR) is 120 cm³/mol. The van der Waals surface area contributed by atoms with Crippen LogP contribution in [0.25, 0.3) is 0 Å². The Morgan fingerprint density at radius 1 is 1.10 bits per heavy atom. The summed E-state index contributed by atoms with van der Waals surface area (Å²) in [6.45, 7) is 6.92. The number of carbonyl (C=O) groups excluding carboxylic acids is 2. The first-order valence-electron chi connectivity index (χ1n) is 10.7. The van der Waals surface area contributed by atoms with Crippen LogP contribution in [0.15, 0.2) is 48.5 Å². The Hall–Kier alpha value is -2.82. The topological polar surface area (TPSA) is 58.6 Å². The third kappa shape index (κ3) is 7.21. The number of unbranched alkanes of at least 4 members (excludes halogenated alkanes) is 1. The molecule has 2 aromatic carbocycles. The molecule has 0 aliphatic heterocycles. The van der Waals surface area contributed by atoms with Crippen molar-refractivity contribution >= 4 is 11.8 Å². The minimum absolute atomic E-state index is 0.0310. The van der Waals surface area contributed by atoms with Crippen LogP contribution in [-0.2, 0) is 22.6 Å². The average molecular weight is 411 g/mol. The molecule has 2 rings (SSSR count). The fourth-order valence-corrected chi connectivity index (χ4v) is 3.24. The number of nitrogens with one attached hydrogen (secondary N) is 1. The third-order valence-electron chi connectivity index (χ3n) is 5.23. The van der Waals surface area contributed by atoms with Gasteiger partial charge in [-0.1, -0.05) is 55.3 Å². The smallest absolute Gasteiger partial charge is 0.242 e. The van der Waals surface area contributed by atoms with Crippen LogP contribution < -0.4 is 10.1 Å². The van der Waals surface area contributed by atoms with Crippen LogP contribution in [0.3, 0.4) is 0 Å². The lowest BCUT2D eigenvalue weighted by Crippen LogP contribution is -2.47. The van der Waals surface area contributed by atoms with Gasteiger partial charge in [-0.05, 0) is 49.9 Å². The molecule has 1 N–H and O–H groups in total. The Morgan fingerprint density at radius 2 is 1.83 bits per heavy atom. The van der Waals surface area contributed by atoms with E-state index < -0.39 is 6.04 Å². The van der Waals surface area contributed by atoms with E-state index in [9.17, 15) is 9.59 Å². The van der Waals surface area contributed by atoms with Gasteiger partial charge in [0.2, 0.25) is 11.8 Å². The molecule has 0 heterocycles. The molecule has 0 aliphatic carbocycles. The van der Waals surface area contributed by atoms with Gasteiger partial charge in [-0.3, -0.25) is 9.59 Å². The van der Waals surface area contributed by atoms with Gasteiger partial charge in [-0.25, -0.2) is 0 Å². The predicted octanol–water partition coefficient (Wildman–Crippen LogP) is 4.27. The molecule has 5 heteroatoms. The Labute approximate surface area is 180 Å². The maximum absolute atomic E-state index is 13.1. The molecule has 0 aliphatic rings. The second-order valence-corrected chi connectivity index (χ2v) is 7.68. The first kappa shape index (κ1) is 23.5. The zero-order valence-electron chi connectivity index (χ0n) is 18.6. The van der Waals surface area contributed by atoms with Crippen molar-refractivity contribution in [1.29, 1.82) is 0 Å². The van der Waals surface area contributed by atoms with Crippen LogP contribution in [0.1, 0.15) is 49.8 Å². The summed E-state index contributed by atoms with van der Waals surface area (Å²) in [5.74, 6) is 0.589. The number of aryl methyl sites for hydroxylation is 2. The van der Waals surface area contributed by atoms with E-state index in [1.807, 2.05) is 31.2 Å². The van der Waals surface area contributed by atoms with Crippen LogP contribution in [0, 0.1) is 6.92 Å². The highest BCUT2D eigenvalue weighted by Gasteiger charge is 2.25. The van der Waals surface area contributed by atoms with Gasteiger partial charge in [-0.15, -0.1) is 0 Å². The summed E-state index contributed by atoms with van der Waals surface area (Å²) in [5.41, 5.74) is 3.25. The Kier molecular flexibility index (Phi) is 9.39. The first-order valence-corrected chi connectivity index (χ1v) is 10.7. The van der Waals surface area contributed by atoms with Crippen LogP contribution in [0.5, 0.6) is 5.75 Å². The molecule has 1 atom stereocenters. The lowest BCUT2D eigenvalue weighted by Gasteiger charge is -2.29. The number of benzene rings is 2. The summed E-state index contributed by atoms with van der Waals surface area (Å²) >= 11 is 0. The largest absolute Gasteiger partial charge is 0.497 e. The van der Waals surface area contributed by atoms with Crippen LogP contribution in [0.2, 0.25) is 0 Å². The normalized spacial score (nSPS) is 11.6. The molecule has 0 saturated heterocycles. The maximum atomic E-state index is 13.1. The number of nitrogens with zero attached hydrogens (tertiary/aromatic N) is 1. The number of methoxy groups -OCH3 is 1. The van der Waals surface area contributed by atoms with Gasteiger partial charge in [0.15, 0.2) is 0 Å². The van der Waals surface area contributed by atoms with Gasteiger partial charge in [0, 0.05) is 19.5 Å². The van der Waals surface area contributed by atoms with Gasteiger partial charge in [0.25, 0.3) is 0 Å². The van der Waals surface area contributed by atoms with Crippen molar-refractivity contribution < 1.29 is 14.3 Å². The van der Waals surface area contributed by atoms with Crippen LogP contribution >= 0.6 is 0 Å². The van der Waals surface area contributed by atoms with Gasteiger partial charge in [-0.2, -0.15) is 0 Å². The molecule has 162 valence electrons. The number of ether oxygens (including phenoxy) is 1. The number of hydrogen-bond donors (Lipinski definition) is 1. The maximum Gasteiger partial charge on any atom is 0.242 e.